The summed E-state index contributed by atoms with van der Waals surface area (Å²) >= 11 is 0. The first kappa shape index (κ1) is 21.4. The first-order valence-electron chi connectivity index (χ1n) is 9.73. The smallest absolute Gasteiger partial charge is 0.312 e. The fourth-order valence-corrected chi connectivity index (χ4v) is 3.34. The Bertz CT molecular complexity index is 865. The van der Waals surface area contributed by atoms with Gasteiger partial charge in [0.05, 0.1) is 12.1 Å². The van der Waals surface area contributed by atoms with Gasteiger partial charge in [0.1, 0.15) is 0 Å². The molecule has 2 aromatic heterocycles. The normalized spacial score (nSPS) is 16.2. The van der Waals surface area contributed by atoms with Crippen LogP contribution >= 0.6 is 0 Å². The van der Waals surface area contributed by atoms with Crippen LogP contribution in [-0.2, 0) is 10.7 Å². The van der Waals surface area contributed by atoms with E-state index in [1.54, 1.807) is 0 Å². The summed E-state index contributed by atoms with van der Waals surface area (Å²) in [5.41, 5.74) is -0.00791. The quantitative estimate of drug-likeness (QED) is 0.615. The Labute approximate surface area is 167 Å². The minimum absolute atomic E-state index is 0.0614. The van der Waals surface area contributed by atoms with Crippen molar-refractivity contribution in [3.63, 3.8) is 0 Å². The van der Waals surface area contributed by atoms with Gasteiger partial charge in [-0.1, -0.05) is 31.1 Å². The summed E-state index contributed by atoms with van der Waals surface area (Å²) in [7, 11) is 0. The van der Waals surface area contributed by atoms with E-state index in [0.717, 1.165) is 12.8 Å². The van der Waals surface area contributed by atoms with Crippen molar-refractivity contribution in [3.8, 4) is 11.5 Å². The van der Waals surface area contributed by atoms with Crippen LogP contribution < -0.4 is 0 Å². The molecule has 160 valence electrons. The highest BCUT2D eigenvalue weighted by Gasteiger charge is 2.48. The van der Waals surface area contributed by atoms with Crippen molar-refractivity contribution in [1.29, 1.82) is 0 Å². The lowest BCUT2D eigenvalue weighted by molar-refractivity contribution is -0.137. The van der Waals surface area contributed by atoms with Gasteiger partial charge in [-0.25, -0.2) is 0 Å². The van der Waals surface area contributed by atoms with E-state index in [1.165, 1.54) is 26.8 Å². The van der Waals surface area contributed by atoms with Crippen LogP contribution in [0.2, 0.25) is 0 Å². The Morgan fingerprint density at radius 2 is 1.97 bits per heavy atom. The molecule has 2 heterocycles. The molecule has 0 aromatic carbocycles. The summed E-state index contributed by atoms with van der Waals surface area (Å²) in [6.45, 7) is 4.17. The SMILES string of the molecule is CC(C)(C)C(F)(F)c1cc(-c2onc([C@@H](CCCO)CC(=O)O)c2C2CC2)no1. The lowest BCUT2D eigenvalue weighted by Crippen LogP contribution is -2.30. The molecule has 0 spiro atoms. The Hall–Kier alpha value is -2.29. The summed E-state index contributed by atoms with van der Waals surface area (Å²) in [6, 6.07) is 1.17. The van der Waals surface area contributed by atoms with Crippen LogP contribution in [0.1, 0.15) is 81.7 Å². The maximum absolute atomic E-state index is 14.6. The molecular weight excluding hydrogens is 386 g/mol. The highest BCUT2D eigenvalue weighted by atomic mass is 19.3. The number of carbonyl (C=O) groups is 1. The molecule has 0 amide bonds. The maximum atomic E-state index is 14.6. The van der Waals surface area contributed by atoms with E-state index in [1.807, 2.05) is 0 Å². The topological polar surface area (TPSA) is 110 Å². The minimum atomic E-state index is -3.23. The molecule has 29 heavy (non-hydrogen) atoms. The summed E-state index contributed by atoms with van der Waals surface area (Å²) in [6.07, 6.45) is 2.46. The van der Waals surface area contributed by atoms with E-state index < -0.39 is 29.0 Å². The molecular formula is C20H26F2N2O5. The molecule has 2 aromatic rings. The fraction of sp³-hybridized carbons (Fsp3) is 0.650. The lowest BCUT2D eigenvalue weighted by atomic mass is 9.86. The third kappa shape index (κ3) is 4.34. The molecule has 3 rings (SSSR count). The Morgan fingerprint density at radius 3 is 2.52 bits per heavy atom. The van der Waals surface area contributed by atoms with E-state index in [0.29, 0.717) is 24.1 Å². The average molecular weight is 412 g/mol. The van der Waals surface area contributed by atoms with Crippen molar-refractivity contribution in [2.45, 2.75) is 70.6 Å². The molecule has 1 aliphatic rings. The maximum Gasteiger partial charge on any atom is 0.312 e. The highest BCUT2D eigenvalue weighted by molar-refractivity contribution is 5.68. The number of aliphatic carboxylic acids is 1. The van der Waals surface area contributed by atoms with Gasteiger partial charge in [-0.2, -0.15) is 8.78 Å². The van der Waals surface area contributed by atoms with E-state index in [4.69, 9.17) is 14.2 Å². The van der Waals surface area contributed by atoms with Crippen LogP contribution in [0.3, 0.4) is 0 Å². The zero-order valence-corrected chi connectivity index (χ0v) is 16.7. The second kappa shape index (κ2) is 7.85. The Balaban J connectivity index is 1.99. The molecule has 1 atom stereocenters. The van der Waals surface area contributed by atoms with E-state index >= 15 is 0 Å². The molecule has 9 heteroatoms. The molecule has 0 saturated heterocycles. The number of aromatic nitrogens is 2. The third-order valence-corrected chi connectivity index (χ3v) is 5.25. The molecule has 1 saturated carbocycles. The summed E-state index contributed by atoms with van der Waals surface area (Å²) in [4.78, 5) is 11.3. The standard InChI is InChI=1S/C20H26F2N2O5/c1-19(2,3)20(21,22)14-10-13(23-28-14)18-16(11-6-7-11)17(24-29-18)12(5-4-8-25)9-15(26)27/h10-12,25H,4-9H2,1-3H3,(H,26,27)/t12-/m0/s1. The number of halogens is 2. The summed E-state index contributed by atoms with van der Waals surface area (Å²) in [5, 5.41) is 26.3. The summed E-state index contributed by atoms with van der Waals surface area (Å²) < 4.78 is 39.6. The van der Waals surface area contributed by atoms with Gasteiger partial charge in [-0.05, 0) is 31.6 Å². The van der Waals surface area contributed by atoms with Crippen LogP contribution in [0.5, 0.6) is 0 Å². The number of aliphatic hydroxyl groups excluding tert-OH is 1. The van der Waals surface area contributed by atoms with Crippen molar-refractivity contribution < 1.29 is 32.8 Å². The monoisotopic (exact) mass is 412 g/mol. The van der Waals surface area contributed by atoms with E-state index in [-0.39, 0.29) is 30.4 Å². The van der Waals surface area contributed by atoms with Gasteiger partial charge in [0, 0.05) is 29.6 Å². The molecule has 1 fully saturated rings. The van der Waals surface area contributed by atoms with Gasteiger partial charge < -0.3 is 19.3 Å². The van der Waals surface area contributed by atoms with Gasteiger partial charge in [0.25, 0.3) is 0 Å². The van der Waals surface area contributed by atoms with Gasteiger partial charge in [0.15, 0.2) is 11.5 Å². The zero-order valence-electron chi connectivity index (χ0n) is 16.7. The number of hydrogen-bond acceptors (Lipinski definition) is 6. The zero-order chi connectivity index (χ0) is 21.4. The van der Waals surface area contributed by atoms with Gasteiger partial charge in [0.2, 0.25) is 5.76 Å². The number of hydrogen-bond donors (Lipinski definition) is 2. The van der Waals surface area contributed by atoms with Crippen LogP contribution in [0.25, 0.3) is 11.5 Å². The predicted octanol–water partition coefficient (Wildman–Crippen LogP) is 4.68. The van der Waals surface area contributed by atoms with Crippen molar-refractivity contribution in [3.05, 3.63) is 23.1 Å². The number of carboxylic acids is 1. The largest absolute Gasteiger partial charge is 0.481 e. The van der Waals surface area contributed by atoms with Gasteiger partial charge in [-0.15, -0.1) is 0 Å². The van der Waals surface area contributed by atoms with E-state index in [9.17, 15) is 18.7 Å². The second-order valence-electron chi connectivity index (χ2n) is 8.65. The average Bonchev–Trinajstić information content (AvgIpc) is 3.17. The minimum Gasteiger partial charge on any atom is -0.481 e. The van der Waals surface area contributed by atoms with Crippen LogP contribution in [0, 0.1) is 5.41 Å². The number of nitrogens with zero attached hydrogens (tertiary/aromatic N) is 2. The Kier molecular flexibility index (Phi) is 5.80. The highest BCUT2D eigenvalue weighted by Crippen LogP contribution is 2.50. The van der Waals surface area contributed by atoms with Crippen LogP contribution in [0.15, 0.2) is 15.1 Å². The fourth-order valence-electron chi connectivity index (χ4n) is 3.34. The molecule has 0 radical (unpaired) electrons. The lowest BCUT2D eigenvalue weighted by Gasteiger charge is -2.27. The number of alkyl halides is 2. The number of aliphatic hydroxyl groups is 1. The molecule has 0 unspecified atom stereocenters. The second-order valence-corrected chi connectivity index (χ2v) is 8.65. The molecule has 0 bridgehead atoms. The van der Waals surface area contributed by atoms with Crippen LogP contribution in [0.4, 0.5) is 8.78 Å². The van der Waals surface area contributed by atoms with E-state index in [2.05, 4.69) is 10.3 Å². The van der Waals surface area contributed by atoms with Gasteiger partial charge in [-0.3, -0.25) is 4.79 Å². The van der Waals surface area contributed by atoms with Crippen molar-refractivity contribution >= 4 is 5.97 Å². The third-order valence-electron chi connectivity index (χ3n) is 5.25. The number of carboxylic acid groups (broad SMARTS) is 1. The van der Waals surface area contributed by atoms with Crippen molar-refractivity contribution in [2.75, 3.05) is 6.61 Å². The first-order chi connectivity index (χ1) is 13.6. The molecule has 1 aliphatic carbocycles. The molecule has 0 aliphatic heterocycles. The van der Waals surface area contributed by atoms with Gasteiger partial charge >= 0.3 is 11.9 Å². The Morgan fingerprint density at radius 1 is 1.28 bits per heavy atom. The molecule has 2 N–H and O–H groups in total. The van der Waals surface area contributed by atoms with Crippen molar-refractivity contribution in [1.82, 2.24) is 10.3 Å². The van der Waals surface area contributed by atoms with Crippen LogP contribution in [-0.4, -0.2) is 33.1 Å². The molecule has 7 nitrogen and oxygen atoms in total. The first-order valence-corrected chi connectivity index (χ1v) is 9.73. The number of rotatable bonds is 9. The van der Waals surface area contributed by atoms with Crippen molar-refractivity contribution in [2.24, 2.45) is 5.41 Å². The predicted molar refractivity (Wildman–Crippen MR) is 98.6 cm³/mol. The summed E-state index contributed by atoms with van der Waals surface area (Å²) in [5.74, 6) is -4.82.